The quantitative estimate of drug-likeness (QED) is 0.518. The molecule has 1 aromatic rings. The number of hydrogen-bond acceptors (Lipinski definition) is 6. The third kappa shape index (κ3) is 3.36. The summed E-state index contributed by atoms with van der Waals surface area (Å²) < 4.78 is 31.2. The van der Waals surface area contributed by atoms with Crippen LogP contribution >= 0.6 is 0 Å². The molecule has 0 fully saturated rings. The summed E-state index contributed by atoms with van der Waals surface area (Å²) in [6.07, 6.45) is -0.150. The van der Waals surface area contributed by atoms with E-state index in [2.05, 4.69) is 0 Å². The number of aliphatic hydroxyl groups is 1. The number of aliphatic hydroxyl groups excluding tert-OH is 1. The molecule has 0 saturated carbocycles. The molecule has 0 radical (unpaired) electrons. The first-order valence-electron chi connectivity index (χ1n) is 5.16. The number of furan rings is 1. The molecule has 1 unspecified atom stereocenters. The molecule has 3 atom stereocenters. The van der Waals surface area contributed by atoms with Gasteiger partial charge in [0.25, 0.3) is 0 Å². The van der Waals surface area contributed by atoms with Crippen LogP contribution in [0.25, 0.3) is 0 Å². The topological polar surface area (TPSA) is 109 Å². The molecule has 0 aliphatic carbocycles. The summed E-state index contributed by atoms with van der Waals surface area (Å²) in [5.74, 6) is 0.429. The molecule has 0 bridgehead atoms. The summed E-state index contributed by atoms with van der Waals surface area (Å²) in [6, 6.07) is 3.26. The maximum absolute atomic E-state index is 11.3. The summed E-state index contributed by atoms with van der Waals surface area (Å²) in [5, 5.41) is 9.52. The average Bonchev–Trinajstić information content (AvgIpc) is 2.75. The van der Waals surface area contributed by atoms with E-state index in [0.717, 1.165) is 0 Å². The van der Waals surface area contributed by atoms with E-state index >= 15 is 0 Å². The lowest BCUT2D eigenvalue weighted by Gasteiger charge is -2.37. The lowest BCUT2D eigenvalue weighted by Crippen LogP contribution is -2.56. The van der Waals surface area contributed by atoms with Crippen molar-refractivity contribution in [2.75, 3.05) is 13.2 Å². The molecule has 0 aromatic carbocycles. The van der Waals surface area contributed by atoms with Gasteiger partial charge in [-0.05, 0) is 30.1 Å². The maximum atomic E-state index is 11.3. The van der Waals surface area contributed by atoms with Crippen molar-refractivity contribution in [2.45, 2.75) is 24.3 Å². The van der Waals surface area contributed by atoms with Crippen LogP contribution in [0, 0.1) is 0 Å². The Labute approximate surface area is 102 Å². The minimum absolute atomic E-state index is 0.0340. The van der Waals surface area contributed by atoms with Crippen LogP contribution in [0.2, 0.25) is 0 Å². The van der Waals surface area contributed by atoms with Crippen LogP contribution in [-0.4, -0.2) is 38.1 Å². The minimum Gasteiger partial charge on any atom is -0.772 e. The van der Waals surface area contributed by atoms with E-state index in [-0.39, 0.29) is 13.0 Å². The molecular weight excluding hydrogens is 246 g/mol. The van der Waals surface area contributed by atoms with E-state index in [9.17, 15) is 13.9 Å². The van der Waals surface area contributed by atoms with Crippen LogP contribution in [0.5, 0.6) is 0 Å². The van der Waals surface area contributed by atoms with Gasteiger partial charge in [-0.15, -0.1) is 0 Å². The maximum Gasteiger partial charge on any atom is 0.121 e. The van der Waals surface area contributed by atoms with Crippen LogP contribution in [-0.2, 0) is 22.2 Å². The van der Waals surface area contributed by atoms with Gasteiger partial charge in [0.2, 0.25) is 0 Å². The van der Waals surface area contributed by atoms with Crippen molar-refractivity contribution in [3.05, 3.63) is 24.2 Å². The average molecular weight is 262 g/mol. The summed E-state index contributed by atoms with van der Waals surface area (Å²) >= 11 is -2.59. The molecule has 0 aliphatic heterocycles. The van der Waals surface area contributed by atoms with Crippen molar-refractivity contribution in [3.63, 3.8) is 0 Å². The monoisotopic (exact) mass is 262 g/mol. The molecule has 98 valence electrons. The highest BCUT2D eigenvalue weighted by Gasteiger charge is 2.39. The van der Waals surface area contributed by atoms with Crippen molar-refractivity contribution in [1.82, 2.24) is 0 Å². The van der Waals surface area contributed by atoms with Crippen molar-refractivity contribution < 1.29 is 23.0 Å². The Bertz CT molecular complexity index is 354. The van der Waals surface area contributed by atoms with Crippen molar-refractivity contribution in [3.8, 4) is 0 Å². The van der Waals surface area contributed by atoms with E-state index in [1.807, 2.05) is 0 Å². The second-order valence-electron chi connectivity index (χ2n) is 3.64. The van der Waals surface area contributed by atoms with Gasteiger partial charge < -0.3 is 24.5 Å². The molecular formula is C10H16NO5S-. The van der Waals surface area contributed by atoms with Crippen LogP contribution in [0.3, 0.4) is 0 Å². The highest BCUT2D eigenvalue weighted by molar-refractivity contribution is 7.80. The fourth-order valence-electron chi connectivity index (χ4n) is 1.43. The number of rotatable bonds is 7. The Kier molecular flexibility index (Phi) is 5.29. The first-order chi connectivity index (χ1) is 8.03. The zero-order valence-electron chi connectivity index (χ0n) is 9.50. The molecule has 6 nitrogen and oxygen atoms in total. The van der Waals surface area contributed by atoms with Gasteiger partial charge in [0, 0.05) is 13.0 Å². The molecule has 0 spiro atoms. The van der Waals surface area contributed by atoms with Gasteiger partial charge in [0.1, 0.15) is 16.7 Å². The van der Waals surface area contributed by atoms with E-state index in [1.165, 1.54) is 6.26 Å². The molecule has 3 N–H and O–H groups in total. The van der Waals surface area contributed by atoms with Crippen LogP contribution in [0.1, 0.15) is 12.7 Å². The fourth-order valence-corrected chi connectivity index (χ4v) is 2.07. The van der Waals surface area contributed by atoms with Crippen molar-refractivity contribution in [1.29, 1.82) is 0 Å². The Morgan fingerprint density at radius 2 is 2.47 bits per heavy atom. The van der Waals surface area contributed by atoms with Gasteiger partial charge in [0.15, 0.2) is 0 Å². The molecule has 1 aromatic heterocycles. The molecule has 0 aliphatic rings. The standard InChI is InChI=1S/C10H17NO5S/c1-2-15-7-10(9(11)12,17(13)14)6-8-4-3-5-16-8/h3-5,9,12H,2,6-7,11H2,1H3,(H,13,14)/p-1/t9-,10-/m0/s1. The van der Waals surface area contributed by atoms with E-state index < -0.39 is 22.1 Å². The predicted octanol–water partition coefficient (Wildman–Crippen LogP) is -0.246. The van der Waals surface area contributed by atoms with E-state index in [1.54, 1.807) is 19.1 Å². The molecule has 1 rings (SSSR count). The van der Waals surface area contributed by atoms with Gasteiger partial charge in [-0.25, -0.2) is 0 Å². The largest absolute Gasteiger partial charge is 0.772 e. The molecule has 1 heterocycles. The van der Waals surface area contributed by atoms with Gasteiger partial charge in [0.05, 0.1) is 12.9 Å². The van der Waals surface area contributed by atoms with Crippen LogP contribution in [0.4, 0.5) is 0 Å². The fraction of sp³-hybridized carbons (Fsp3) is 0.600. The zero-order chi connectivity index (χ0) is 12.9. The SMILES string of the molecule is CCOC[C@@](Cc1ccco1)([C@@H](N)O)S(=O)[O-]. The summed E-state index contributed by atoms with van der Waals surface area (Å²) in [5.41, 5.74) is 5.37. The minimum atomic E-state index is -2.59. The first-order valence-corrected chi connectivity index (χ1v) is 6.23. The van der Waals surface area contributed by atoms with E-state index in [4.69, 9.17) is 14.9 Å². The smallest absolute Gasteiger partial charge is 0.121 e. The lowest BCUT2D eigenvalue weighted by atomic mass is 10.0. The number of nitrogens with two attached hydrogens (primary N) is 1. The van der Waals surface area contributed by atoms with Gasteiger partial charge >= 0.3 is 0 Å². The number of hydrogen-bond donors (Lipinski definition) is 2. The Hall–Kier alpha value is -0.730. The number of ether oxygens (including phenoxy) is 1. The summed E-state index contributed by atoms with van der Waals surface area (Å²) in [4.78, 5) is 0. The molecule has 0 saturated heterocycles. The van der Waals surface area contributed by atoms with Crippen molar-refractivity contribution in [2.24, 2.45) is 5.73 Å². The zero-order valence-corrected chi connectivity index (χ0v) is 10.3. The van der Waals surface area contributed by atoms with Gasteiger partial charge in [-0.1, -0.05) is 0 Å². The third-order valence-corrected chi connectivity index (χ3v) is 3.64. The van der Waals surface area contributed by atoms with Crippen LogP contribution < -0.4 is 5.73 Å². The second kappa shape index (κ2) is 6.27. The molecule has 7 heteroatoms. The summed E-state index contributed by atoms with van der Waals surface area (Å²) in [7, 11) is 0. The third-order valence-electron chi connectivity index (χ3n) is 2.48. The lowest BCUT2D eigenvalue weighted by molar-refractivity contribution is 0.0470. The normalized spacial score (nSPS) is 18.6. The molecule has 0 amide bonds. The predicted molar refractivity (Wildman–Crippen MR) is 60.8 cm³/mol. The highest BCUT2D eigenvalue weighted by atomic mass is 32.2. The van der Waals surface area contributed by atoms with Crippen LogP contribution in [0.15, 0.2) is 22.8 Å². The van der Waals surface area contributed by atoms with Gasteiger partial charge in [-0.2, -0.15) is 0 Å². The Morgan fingerprint density at radius 3 is 2.88 bits per heavy atom. The van der Waals surface area contributed by atoms with E-state index in [0.29, 0.717) is 12.4 Å². The molecule has 17 heavy (non-hydrogen) atoms. The summed E-state index contributed by atoms with van der Waals surface area (Å²) in [6.45, 7) is 1.88. The first kappa shape index (κ1) is 14.3. The van der Waals surface area contributed by atoms with Gasteiger partial charge in [-0.3, -0.25) is 4.21 Å². The Balaban J connectivity index is 2.93. The second-order valence-corrected chi connectivity index (χ2v) is 4.92. The Morgan fingerprint density at radius 1 is 1.76 bits per heavy atom. The highest BCUT2D eigenvalue weighted by Crippen LogP contribution is 2.23. The van der Waals surface area contributed by atoms with Crippen molar-refractivity contribution >= 4 is 11.1 Å².